The van der Waals surface area contributed by atoms with Crippen LogP contribution < -0.4 is 5.32 Å². The molecule has 2 aromatic rings. The van der Waals surface area contributed by atoms with Crippen molar-refractivity contribution in [1.29, 1.82) is 0 Å². The van der Waals surface area contributed by atoms with Gasteiger partial charge in [0.15, 0.2) is 0 Å². The maximum absolute atomic E-state index is 14.1. The summed E-state index contributed by atoms with van der Waals surface area (Å²) in [6, 6.07) is 9.80. The minimum atomic E-state index is -4.52. The van der Waals surface area contributed by atoms with Crippen molar-refractivity contribution in [3.63, 3.8) is 0 Å². The van der Waals surface area contributed by atoms with Gasteiger partial charge in [0.1, 0.15) is 5.82 Å². The van der Waals surface area contributed by atoms with Gasteiger partial charge in [-0.3, -0.25) is 0 Å². The van der Waals surface area contributed by atoms with Crippen molar-refractivity contribution in [2.24, 2.45) is 10.5 Å². The molecule has 178 valence electrons. The number of alkyl halides is 3. The number of urea groups is 1. The van der Waals surface area contributed by atoms with Crippen LogP contribution in [0.1, 0.15) is 30.9 Å². The molecule has 0 aromatic heterocycles. The molecular weight excluding hydrogens is 478 g/mol. The van der Waals surface area contributed by atoms with Crippen molar-refractivity contribution < 1.29 is 22.4 Å². The van der Waals surface area contributed by atoms with Crippen LogP contribution in [0.5, 0.6) is 0 Å². The summed E-state index contributed by atoms with van der Waals surface area (Å²) in [5, 5.41) is 8.96. The molecule has 0 radical (unpaired) electrons. The Morgan fingerprint density at radius 3 is 2.55 bits per heavy atom. The van der Waals surface area contributed by atoms with Gasteiger partial charge in [-0.05, 0) is 60.2 Å². The van der Waals surface area contributed by atoms with E-state index in [2.05, 4.69) is 10.4 Å². The lowest BCUT2D eigenvalue weighted by Crippen LogP contribution is -2.35. The molecule has 2 amide bonds. The van der Waals surface area contributed by atoms with Crippen LogP contribution in [0.15, 0.2) is 47.6 Å². The highest BCUT2D eigenvalue weighted by Crippen LogP contribution is 2.36. The topological polar surface area (TPSA) is 44.7 Å². The van der Waals surface area contributed by atoms with E-state index in [1.807, 2.05) is 25.3 Å². The van der Waals surface area contributed by atoms with Crippen LogP contribution >= 0.6 is 23.4 Å². The predicted molar refractivity (Wildman–Crippen MR) is 126 cm³/mol. The van der Waals surface area contributed by atoms with Gasteiger partial charge < -0.3 is 5.32 Å². The van der Waals surface area contributed by atoms with E-state index in [9.17, 15) is 22.4 Å². The van der Waals surface area contributed by atoms with E-state index >= 15 is 0 Å². The summed E-state index contributed by atoms with van der Waals surface area (Å²) in [5.41, 5.74) is 0.780. The summed E-state index contributed by atoms with van der Waals surface area (Å²) in [6.45, 7) is 2.36. The fourth-order valence-electron chi connectivity index (χ4n) is 3.79. The minimum Gasteiger partial charge on any atom is -0.306 e. The number of carbonyl (C=O) groups is 1. The fraction of sp³-hybridized carbons (Fsp3) is 0.391. The Morgan fingerprint density at radius 1 is 1.24 bits per heavy atom. The average molecular weight is 502 g/mol. The lowest BCUT2D eigenvalue weighted by molar-refractivity contribution is -0.127. The first-order valence-electron chi connectivity index (χ1n) is 10.3. The van der Waals surface area contributed by atoms with Gasteiger partial charge in [0.05, 0.1) is 18.7 Å². The van der Waals surface area contributed by atoms with E-state index in [-0.39, 0.29) is 5.69 Å². The van der Waals surface area contributed by atoms with Gasteiger partial charge in [0, 0.05) is 16.1 Å². The molecule has 0 aliphatic carbocycles. The van der Waals surface area contributed by atoms with Crippen LogP contribution in [0.25, 0.3) is 0 Å². The third-order valence-electron chi connectivity index (χ3n) is 5.42. The Bertz CT molecular complexity index is 1030. The Kier molecular flexibility index (Phi) is 7.95. The monoisotopic (exact) mass is 501 g/mol. The molecule has 10 heteroatoms. The molecule has 1 aliphatic rings. The second-order valence-corrected chi connectivity index (χ2v) is 9.62. The van der Waals surface area contributed by atoms with Gasteiger partial charge in [-0.1, -0.05) is 36.7 Å². The third-order valence-corrected chi connectivity index (χ3v) is 6.36. The number of hydrogen-bond acceptors (Lipinski definition) is 3. The number of hydrogen-bond donors (Lipinski definition) is 1. The Labute approximate surface area is 199 Å². The highest BCUT2D eigenvalue weighted by Gasteiger charge is 2.41. The van der Waals surface area contributed by atoms with Crippen molar-refractivity contribution in [1.82, 2.24) is 5.01 Å². The standard InChI is InChI=1S/C23H24ClF4N3OS/c1-22(10-3-11-33-2)14-31(30-20(22)15-4-7-17(24)8-5-15)21(32)29-18-9-6-16(19(25)12-18)13-23(26,27)28/h4-9,12H,3,10-11,13-14H2,1-2H3,(H,29,32). The number of nitrogens with zero attached hydrogens (tertiary/aromatic N) is 2. The molecule has 0 saturated carbocycles. The van der Waals surface area contributed by atoms with Gasteiger partial charge >= 0.3 is 12.2 Å². The summed E-state index contributed by atoms with van der Waals surface area (Å²) in [4.78, 5) is 12.9. The quantitative estimate of drug-likeness (QED) is 0.328. The van der Waals surface area contributed by atoms with E-state index in [1.54, 1.807) is 23.9 Å². The van der Waals surface area contributed by atoms with E-state index in [1.165, 1.54) is 11.1 Å². The smallest absolute Gasteiger partial charge is 0.306 e. The zero-order valence-corrected chi connectivity index (χ0v) is 19.8. The molecular formula is C23H24ClF4N3OS. The van der Waals surface area contributed by atoms with Gasteiger partial charge in [0.25, 0.3) is 0 Å². The van der Waals surface area contributed by atoms with Crippen molar-refractivity contribution in [3.8, 4) is 0 Å². The Morgan fingerprint density at radius 2 is 1.94 bits per heavy atom. The first kappa shape index (κ1) is 25.4. The highest BCUT2D eigenvalue weighted by molar-refractivity contribution is 7.98. The van der Waals surface area contributed by atoms with Crippen molar-refractivity contribution in [2.45, 2.75) is 32.4 Å². The zero-order valence-electron chi connectivity index (χ0n) is 18.2. The van der Waals surface area contributed by atoms with Crippen LogP contribution in [0.2, 0.25) is 5.02 Å². The molecule has 4 nitrogen and oxygen atoms in total. The van der Waals surface area contributed by atoms with Gasteiger partial charge in [-0.15, -0.1) is 0 Å². The Hall–Kier alpha value is -2.26. The number of hydrazone groups is 1. The number of thioether (sulfide) groups is 1. The number of rotatable bonds is 7. The molecule has 1 unspecified atom stereocenters. The van der Waals surface area contributed by atoms with E-state index in [4.69, 9.17) is 11.6 Å². The van der Waals surface area contributed by atoms with Crippen LogP contribution in [0, 0.1) is 11.2 Å². The first-order chi connectivity index (χ1) is 15.5. The number of benzene rings is 2. The molecule has 1 atom stereocenters. The van der Waals surface area contributed by atoms with E-state index in [0.29, 0.717) is 11.6 Å². The third kappa shape index (κ3) is 6.63. The second-order valence-electron chi connectivity index (χ2n) is 8.20. The maximum atomic E-state index is 14.1. The summed E-state index contributed by atoms with van der Waals surface area (Å²) in [7, 11) is 0. The fourth-order valence-corrected chi connectivity index (χ4v) is 4.35. The van der Waals surface area contributed by atoms with Gasteiger partial charge in [-0.2, -0.15) is 30.0 Å². The van der Waals surface area contributed by atoms with Crippen LogP contribution in [-0.2, 0) is 6.42 Å². The minimum absolute atomic E-state index is 0.0580. The van der Waals surface area contributed by atoms with E-state index in [0.717, 1.165) is 42.0 Å². The molecule has 33 heavy (non-hydrogen) atoms. The zero-order chi connectivity index (χ0) is 24.2. The number of carbonyl (C=O) groups excluding carboxylic acids is 1. The van der Waals surface area contributed by atoms with Gasteiger partial charge in [-0.25, -0.2) is 14.2 Å². The van der Waals surface area contributed by atoms with Crippen LogP contribution in [0.4, 0.5) is 28.0 Å². The summed E-state index contributed by atoms with van der Waals surface area (Å²) < 4.78 is 51.8. The molecule has 3 rings (SSSR count). The van der Waals surface area contributed by atoms with Crippen molar-refractivity contribution in [2.75, 3.05) is 23.9 Å². The molecule has 0 bridgehead atoms. The number of amides is 2. The lowest BCUT2D eigenvalue weighted by atomic mass is 9.78. The maximum Gasteiger partial charge on any atom is 0.393 e. The van der Waals surface area contributed by atoms with Crippen molar-refractivity contribution in [3.05, 3.63) is 64.4 Å². The molecule has 0 saturated heterocycles. The van der Waals surface area contributed by atoms with Crippen LogP contribution in [0.3, 0.4) is 0 Å². The summed E-state index contributed by atoms with van der Waals surface area (Å²) in [6.07, 6.45) is -2.12. The molecule has 1 heterocycles. The van der Waals surface area contributed by atoms with Crippen molar-refractivity contribution >= 4 is 40.8 Å². The number of nitrogens with one attached hydrogen (secondary N) is 1. The largest absolute Gasteiger partial charge is 0.393 e. The molecule has 0 spiro atoms. The van der Waals surface area contributed by atoms with Crippen LogP contribution in [-0.4, -0.2) is 41.5 Å². The van der Waals surface area contributed by atoms with Gasteiger partial charge in [0.2, 0.25) is 0 Å². The summed E-state index contributed by atoms with van der Waals surface area (Å²) >= 11 is 7.75. The first-order valence-corrected chi connectivity index (χ1v) is 12.1. The average Bonchev–Trinajstić information content (AvgIpc) is 3.08. The predicted octanol–water partition coefficient (Wildman–Crippen LogP) is 6.99. The number of halogens is 5. The van der Waals surface area contributed by atoms with E-state index < -0.39 is 35.4 Å². The SMILES string of the molecule is CSCCCC1(C)CN(C(=O)Nc2ccc(CC(F)(F)F)c(F)c2)N=C1c1ccc(Cl)cc1. The Balaban J connectivity index is 1.79. The second kappa shape index (κ2) is 10.3. The molecule has 1 N–H and O–H groups in total. The molecule has 0 fully saturated rings. The summed E-state index contributed by atoms with van der Waals surface area (Å²) in [5.74, 6) is -0.0574. The molecule has 1 aliphatic heterocycles. The number of anilines is 1. The lowest BCUT2D eigenvalue weighted by Gasteiger charge is -2.26. The molecule has 2 aromatic carbocycles. The normalized spacial score (nSPS) is 18.4. The highest BCUT2D eigenvalue weighted by atomic mass is 35.5.